The van der Waals surface area contributed by atoms with Crippen LogP contribution in [0.4, 0.5) is 0 Å². The molecule has 0 aliphatic carbocycles. The van der Waals surface area contributed by atoms with E-state index in [1.165, 1.54) is 5.56 Å². The van der Waals surface area contributed by atoms with Crippen molar-refractivity contribution in [1.82, 2.24) is 0 Å². The van der Waals surface area contributed by atoms with Crippen LogP contribution in [0, 0.1) is 6.04 Å². The minimum absolute atomic E-state index is 0.174. The van der Waals surface area contributed by atoms with Gasteiger partial charge in [-0.1, -0.05) is 50.0 Å². The van der Waals surface area contributed by atoms with E-state index in [0.717, 1.165) is 19.3 Å². The fourth-order valence-electron chi connectivity index (χ4n) is 1.59. The van der Waals surface area contributed by atoms with Crippen LogP contribution in [0.5, 0.6) is 0 Å². The first kappa shape index (κ1) is 13.5. The lowest BCUT2D eigenvalue weighted by Crippen LogP contribution is -2.24. The second-order valence-electron chi connectivity index (χ2n) is 5.48. The molecule has 1 N–H and O–H groups in total. The molecule has 1 aromatic rings. The Morgan fingerprint density at radius 2 is 1.81 bits per heavy atom. The minimum Gasteiger partial charge on any atom is -0.393 e. The quantitative estimate of drug-likeness (QED) is 0.749. The van der Waals surface area contributed by atoms with Crippen molar-refractivity contribution in [3.8, 4) is 0 Å². The third-order valence-electron chi connectivity index (χ3n) is 2.61. The van der Waals surface area contributed by atoms with Crippen LogP contribution in [-0.4, -0.2) is 19.3 Å². The molecule has 0 spiro atoms. The smallest absolute Gasteiger partial charge is 0.0543 e. The van der Waals surface area contributed by atoms with Crippen molar-refractivity contribution in [2.24, 2.45) is 0 Å². The summed E-state index contributed by atoms with van der Waals surface area (Å²) in [7, 11) is -1.11. The van der Waals surface area contributed by atoms with Crippen molar-refractivity contribution < 1.29 is 5.11 Å². The third kappa shape index (κ3) is 6.08. The van der Waals surface area contributed by atoms with Gasteiger partial charge in [-0.15, -0.1) is 0 Å². The number of hydrogen-bond donors (Lipinski definition) is 1. The lowest BCUT2D eigenvalue weighted by atomic mass is 10.1. The van der Waals surface area contributed by atoms with Gasteiger partial charge in [0.05, 0.1) is 6.10 Å². The fourth-order valence-corrected chi connectivity index (χ4v) is 2.56. The van der Waals surface area contributed by atoms with E-state index in [2.05, 4.69) is 50.0 Å². The molecule has 0 aliphatic rings. The van der Waals surface area contributed by atoms with Crippen LogP contribution < -0.4 is 0 Å². The summed E-state index contributed by atoms with van der Waals surface area (Å²) in [6, 6.07) is 12.7. The summed E-state index contributed by atoms with van der Waals surface area (Å²) >= 11 is 0. The van der Waals surface area contributed by atoms with Gasteiger partial charge in [-0.3, -0.25) is 0 Å². The van der Waals surface area contributed by atoms with Crippen molar-refractivity contribution in [2.75, 3.05) is 0 Å². The van der Waals surface area contributed by atoms with Crippen molar-refractivity contribution in [2.45, 2.75) is 45.0 Å². The second-order valence-corrected chi connectivity index (χ2v) is 10.6. The predicted molar refractivity (Wildman–Crippen MR) is 73.0 cm³/mol. The SMILES string of the molecule is C[Si](C)(C)[CH]CC(O)CCc1ccccc1. The average molecular weight is 235 g/mol. The van der Waals surface area contributed by atoms with Crippen LogP contribution in [0.3, 0.4) is 0 Å². The maximum Gasteiger partial charge on any atom is 0.0543 e. The van der Waals surface area contributed by atoms with Gasteiger partial charge < -0.3 is 5.11 Å². The highest BCUT2D eigenvalue weighted by atomic mass is 28.3. The van der Waals surface area contributed by atoms with E-state index in [1.807, 2.05) is 6.07 Å². The molecule has 1 aromatic carbocycles. The van der Waals surface area contributed by atoms with Gasteiger partial charge in [-0.2, -0.15) is 0 Å². The largest absolute Gasteiger partial charge is 0.393 e. The highest BCUT2D eigenvalue weighted by molar-refractivity contribution is 6.79. The van der Waals surface area contributed by atoms with Crippen LogP contribution in [0.15, 0.2) is 30.3 Å². The van der Waals surface area contributed by atoms with Gasteiger partial charge in [0, 0.05) is 8.07 Å². The molecule has 0 aromatic heterocycles. The average Bonchev–Trinajstić information content (AvgIpc) is 2.24. The summed E-state index contributed by atoms with van der Waals surface area (Å²) in [5.41, 5.74) is 1.31. The van der Waals surface area contributed by atoms with Gasteiger partial charge in [0.15, 0.2) is 0 Å². The monoisotopic (exact) mass is 235 g/mol. The van der Waals surface area contributed by atoms with Crippen LogP contribution in [-0.2, 0) is 6.42 Å². The van der Waals surface area contributed by atoms with Gasteiger partial charge in [0.25, 0.3) is 0 Å². The van der Waals surface area contributed by atoms with Gasteiger partial charge in [-0.05, 0) is 30.9 Å². The number of aryl methyl sites for hydroxylation is 1. The first-order valence-electron chi connectivity index (χ1n) is 6.04. The summed E-state index contributed by atoms with van der Waals surface area (Å²) in [6.45, 7) is 6.91. The lowest BCUT2D eigenvalue weighted by Gasteiger charge is -2.18. The summed E-state index contributed by atoms with van der Waals surface area (Å²) in [6.07, 6.45) is 2.52. The molecule has 1 nitrogen and oxygen atoms in total. The Kier molecular flexibility index (Phi) is 5.23. The van der Waals surface area contributed by atoms with E-state index >= 15 is 0 Å². The van der Waals surface area contributed by atoms with Crippen molar-refractivity contribution in [3.63, 3.8) is 0 Å². The van der Waals surface area contributed by atoms with Gasteiger partial charge in [-0.25, -0.2) is 0 Å². The van der Waals surface area contributed by atoms with Crippen molar-refractivity contribution in [1.29, 1.82) is 0 Å². The molecule has 0 amide bonds. The fraction of sp³-hybridized carbons (Fsp3) is 0.500. The topological polar surface area (TPSA) is 20.2 Å². The standard InChI is InChI=1S/C14H23OSi/c1-16(2,3)12-11-14(15)10-9-13-7-5-4-6-8-13/h4-8,12,14-15H,9-11H2,1-3H3. The highest BCUT2D eigenvalue weighted by Gasteiger charge is 2.15. The van der Waals surface area contributed by atoms with E-state index in [4.69, 9.17) is 0 Å². The Labute approximate surface area is 101 Å². The normalized spacial score (nSPS) is 13.8. The summed E-state index contributed by atoms with van der Waals surface area (Å²) in [5, 5.41) is 9.86. The van der Waals surface area contributed by atoms with E-state index < -0.39 is 8.07 Å². The first-order chi connectivity index (χ1) is 7.47. The van der Waals surface area contributed by atoms with Crippen LogP contribution in [0.2, 0.25) is 19.6 Å². The molecule has 0 bridgehead atoms. The van der Waals surface area contributed by atoms with E-state index in [1.54, 1.807) is 0 Å². The molecule has 0 aliphatic heterocycles. The third-order valence-corrected chi connectivity index (χ3v) is 4.07. The van der Waals surface area contributed by atoms with Crippen molar-refractivity contribution in [3.05, 3.63) is 41.9 Å². The Hall–Kier alpha value is -0.603. The number of aliphatic hydroxyl groups excluding tert-OH is 1. The Balaban J connectivity index is 2.23. The molecular weight excluding hydrogens is 212 g/mol. The molecule has 89 valence electrons. The second kappa shape index (κ2) is 6.21. The number of rotatable bonds is 6. The van der Waals surface area contributed by atoms with Gasteiger partial charge in [0.1, 0.15) is 0 Å². The molecule has 1 rings (SSSR count). The summed E-state index contributed by atoms with van der Waals surface area (Å²) < 4.78 is 0. The van der Waals surface area contributed by atoms with Crippen molar-refractivity contribution >= 4 is 8.07 Å². The first-order valence-corrected chi connectivity index (χ1v) is 9.61. The Bertz CT molecular complexity index is 289. The van der Waals surface area contributed by atoms with Gasteiger partial charge >= 0.3 is 0 Å². The van der Waals surface area contributed by atoms with Gasteiger partial charge in [0.2, 0.25) is 0 Å². The lowest BCUT2D eigenvalue weighted by molar-refractivity contribution is 0.166. The van der Waals surface area contributed by atoms with Crippen LogP contribution in [0.25, 0.3) is 0 Å². The molecule has 0 fully saturated rings. The number of hydrogen-bond acceptors (Lipinski definition) is 1. The summed E-state index contributed by atoms with van der Waals surface area (Å²) in [4.78, 5) is 0. The van der Waals surface area contributed by atoms with E-state index in [0.29, 0.717) is 0 Å². The predicted octanol–water partition coefficient (Wildman–Crippen LogP) is 3.45. The molecule has 0 saturated heterocycles. The molecule has 0 saturated carbocycles. The molecule has 1 radical (unpaired) electrons. The van der Waals surface area contributed by atoms with E-state index in [-0.39, 0.29) is 6.10 Å². The molecule has 16 heavy (non-hydrogen) atoms. The molecule has 1 unspecified atom stereocenters. The number of benzene rings is 1. The van der Waals surface area contributed by atoms with Crippen LogP contribution >= 0.6 is 0 Å². The zero-order valence-corrected chi connectivity index (χ0v) is 11.6. The zero-order chi connectivity index (χ0) is 12.0. The van der Waals surface area contributed by atoms with Crippen LogP contribution in [0.1, 0.15) is 18.4 Å². The molecule has 2 heteroatoms. The number of aliphatic hydroxyl groups is 1. The molecular formula is C14H23OSi. The maximum atomic E-state index is 9.86. The molecule has 1 atom stereocenters. The molecule has 0 heterocycles. The Morgan fingerprint density at radius 1 is 1.19 bits per heavy atom. The zero-order valence-electron chi connectivity index (χ0n) is 10.6. The summed E-state index contributed by atoms with van der Waals surface area (Å²) in [5.74, 6) is 0. The van der Waals surface area contributed by atoms with E-state index in [9.17, 15) is 5.11 Å². The minimum atomic E-state index is -1.11. The highest BCUT2D eigenvalue weighted by Crippen LogP contribution is 2.13. The maximum absolute atomic E-state index is 9.86. The Morgan fingerprint density at radius 3 is 2.38 bits per heavy atom.